The first-order chi connectivity index (χ1) is 9.97. The van der Waals surface area contributed by atoms with Gasteiger partial charge in [-0.1, -0.05) is 13.8 Å². The van der Waals surface area contributed by atoms with Gasteiger partial charge in [0.2, 0.25) is 0 Å². The Hall–Kier alpha value is -1.69. The van der Waals surface area contributed by atoms with Gasteiger partial charge in [-0.05, 0) is 12.3 Å². The molecule has 5 nitrogen and oxygen atoms in total. The average molecular weight is 295 g/mol. The van der Waals surface area contributed by atoms with Crippen LogP contribution in [0.4, 0.5) is 10.1 Å². The van der Waals surface area contributed by atoms with Crippen LogP contribution in [-0.2, 0) is 4.79 Å². The van der Waals surface area contributed by atoms with Crippen molar-refractivity contribution in [1.82, 2.24) is 9.88 Å². The molecule has 21 heavy (non-hydrogen) atoms. The van der Waals surface area contributed by atoms with Gasteiger partial charge in [0.15, 0.2) is 0 Å². The Kier molecular flexibility index (Phi) is 5.12. The number of carbonyl (C=O) groups is 1. The predicted molar refractivity (Wildman–Crippen MR) is 78.9 cm³/mol. The molecule has 0 radical (unpaired) electrons. The zero-order valence-electron chi connectivity index (χ0n) is 12.5. The van der Waals surface area contributed by atoms with Crippen LogP contribution in [0.5, 0.6) is 0 Å². The van der Waals surface area contributed by atoms with Crippen molar-refractivity contribution in [3.8, 4) is 0 Å². The molecule has 0 saturated carbocycles. The maximum atomic E-state index is 13.2. The van der Waals surface area contributed by atoms with Crippen LogP contribution in [0.15, 0.2) is 18.5 Å². The smallest absolute Gasteiger partial charge is 0.320 e. The lowest BCUT2D eigenvalue weighted by atomic mass is 10.0. The minimum absolute atomic E-state index is 0.344. The van der Waals surface area contributed by atoms with Crippen molar-refractivity contribution in [2.45, 2.75) is 26.3 Å². The number of carboxylic acids is 1. The van der Waals surface area contributed by atoms with E-state index < -0.39 is 12.0 Å². The normalized spacial score (nSPS) is 18.0. The van der Waals surface area contributed by atoms with Crippen molar-refractivity contribution >= 4 is 11.7 Å². The van der Waals surface area contributed by atoms with Crippen LogP contribution in [0.25, 0.3) is 0 Å². The van der Waals surface area contributed by atoms with Crippen LogP contribution >= 0.6 is 0 Å². The molecule has 1 aromatic rings. The van der Waals surface area contributed by atoms with E-state index in [1.165, 1.54) is 12.3 Å². The molecule has 1 aliphatic rings. The summed E-state index contributed by atoms with van der Waals surface area (Å²) in [6.07, 6.45) is 3.47. The van der Waals surface area contributed by atoms with Gasteiger partial charge in [0.25, 0.3) is 0 Å². The monoisotopic (exact) mass is 295 g/mol. The van der Waals surface area contributed by atoms with Gasteiger partial charge in [-0.3, -0.25) is 14.7 Å². The number of hydrogen-bond donors (Lipinski definition) is 1. The number of hydrogen-bond acceptors (Lipinski definition) is 4. The van der Waals surface area contributed by atoms with E-state index >= 15 is 0 Å². The highest BCUT2D eigenvalue weighted by atomic mass is 19.1. The zero-order valence-corrected chi connectivity index (χ0v) is 12.5. The Morgan fingerprint density at radius 2 is 2.00 bits per heavy atom. The fraction of sp³-hybridized carbons (Fsp3) is 0.600. The molecule has 1 fully saturated rings. The van der Waals surface area contributed by atoms with Gasteiger partial charge in [0, 0.05) is 32.2 Å². The minimum Gasteiger partial charge on any atom is -0.480 e. The molecule has 0 amide bonds. The first kappa shape index (κ1) is 15.7. The number of piperazine rings is 1. The maximum Gasteiger partial charge on any atom is 0.320 e. The van der Waals surface area contributed by atoms with E-state index in [-0.39, 0.29) is 5.82 Å². The third kappa shape index (κ3) is 4.14. The van der Waals surface area contributed by atoms with Crippen LogP contribution < -0.4 is 4.90 Å². The van der Waals surface area contributed by atoms with Gasteiger partial charge in [-0.2, -0.15) is 0 Å². The average Bonchev–Trinajstić information content (AvgIpc) is 2.44. The number of aromatic nitrogens is 1. The summed E-state index contributed by atoms with van der Waals surface area (Å²) in [6.45, 7) is 6.77. The highest BCUT2D eigenvalue weighted by Gasteiger charge is 2.29. The van der Waals surface area contributed by atoms with E-state index in [0.29, 0.717) is 38.5 Å². The molecule has 1 N–H and O–H groups in total. The number of rotatable bonds is 5. The first-order valence-electron chi connectivity index (χ1n) is 7.29. The van der Waals surface area contributed by atoms with Crippen molar-refractivity contribution in [3.63, 3.8) is 0 Å². The Morgan fingerprint density at radius 1 is 1.33 bits per heavy atom. The van der Waals surface area contributed by atoms with E-state index in [1.54, 1.807) is 6.20 Å². The first-order valence-corrected chi connectivity index (χ1v) is 7.29. The fourth-order valence-corrected chi connectivity index (χ4v) is 2.72. The molecule has 2 rings (SSSR count). The third-order valence-corrected chi connectivity index (χ3v) is 3.79. The van der Waals surface area contributed by atoms with Crippen molar-refractivity contribution in [2.75, 3.05) is 31.1 Å². The summed E-state index contributed by atoms with van der Waals surface area (Å²) < 4.78 is 13.2. The molecular weight excluding hydrogens is 273 g/mol. The summed E-state index contributed by atoms with van der Waals surface area (Å²) in [5, 5.41) is 9.38. The van der Waals surface area contributed by atoms with Gasteiger partial charge >= 0.3 is 5.97 Å². The molecule has 0 spiro atoms. The fourth-order valence-electron chi connectivity index (χ4n) is 2.72. The van der Waals surface area contributed by atoms with Crippen LogP contribution in [0, 0.1) is 11.7 Å². The number of anilines is 1. The van der Waals surface area contributed by atoms with Crippen molar-refractivity contribution in [2.24, 2.45) is 5.92 Å². The second-order valence-corrected chi connectivity index (χ2v) is 5.87. The second kappa shape index (κ2) is 6.85. The lowest BCUT2D eigenvalue weighted by Crippen LogP contribution is -2.53. The van der Waals surface area contributed by atoms with E-state index in [0.717, 1.165) is 5.69 Å². The molecule has 1 atom stereocenters. The summed E-state index contributed by atoms with van der Waals surface area (Å²) in [5.74, 6) is -0.765. The summed E-state index contributed by atoms with van der Waals surface area (Å²) in [4.78, 5) is 19.3. The van der Waals surface area contributed by atoms with Gasteiger partial charge in [-0.15, -0.1) is 0 Å². The predicted octanol–water partition coefficient (Wildman–Crippen LogP) is 1.84. The van der Waals surface area contributed by atoms with Gasteiger partial charge < -0.3 is 10.0 Å². The van der Waals surface area contributed by atoms with Crippen LogP contribution in [-0.4, -0.2) is 53.2 Å². The SMILES string of the molecule is CC(C)CC(C(=O)O)N1CCN(c2cncc(F)c2)CC1. The van der Waals surface area contributed by atoms with E-state index in [9.17, 15) is 14.3 Å². The topological polar surface area (TPSA) is 56.7 Å². The minimum atomic E-state index is -0.760. The standard InChI is InChI=1S/C15H22FN3O2/c1-11(2)7-14(15(20)21)19-5-3-18(4-6-19)13-8-12(16)9-17-10-13/h8-11,14H,3-7H2,1-2H3,(H,20,21). The Bertz CT molecular complexity index is 488. The molecule has 116 valence electrons. The molecule has 6 heteroatoms. The molecule has 0 aromatic carbocycles. The highest BCUT2D eigenvalue weighted by Crippen LogP contribution is 2.19. The highest BCUT2D eigenvalue weighted by molar-refractivity contribution is 5.73. The van der Waals surface area contributed by atoms with Gasteiger partial charge in [0.1, 0.15) is 11.9 Å². The third-order valence-electron chi connectivity index (χ3n) is 3.79. The molecule has 0 aliphatic carbocycles. The molecule has 1 unspecified atom stereocenters. The zero-order chi connectivity index (χ0) is 15.4. The summed E-state index contributed by atoms with van der Waals surface area (Å²) in [6, 6.07) is 1.03. The number of carboxylic acid groups (broad SMARTS) is 1. The molecule has 2 heterocycles. The number of pyridine rings is 1. The van der Waals surface area contributed by atoms with Crippen LogP contribution in [0.1, 0.15) is 20.3 Å². The Morgan fingerprint density at radius 3 is 2.52 bits per heavy atom. The molecule has 0 bridgehead atoms. The number of aliphatic carboxylic acids is 1. The largest absolute Gasteiger partial charge is 0.480 e. The second-order valence-electron chi connectivity index (χ2n) is 5.87. The molecule has 1 aliphatic heterocycles. The summed E-state index contributed by atoms with van der Waals surface area (Å²) in [7, 11) is 0. The van der Waals surface area contributed by atoms with E-state index in [4.69, 9.17) is 0 Å². The van der Waals surface area contributed by atoms with Crippen LogP contribution in [0.3, 0.4) is 0 Å². The number of halogens is 1. The van der Waals surface area contributed by atoms with Crippen molar-refractivity contribution in [3.05, 3.63) is 24.3 Å². The van der Waals surface area contributed by atoms with Crippen molar-refractivity contribution in [1.29, 1.82) is 0 Å². The molecule has 1 saturated heterocycles. The number of nitrogens with zero attached hydrogens (tertiary/aromatic N) is 3. The lowest BCUT2D eigenvalue weighted by molar-refractivity contribution is -0.144. The Labute approximate surface area is 124 Å². The van der Waals surface area contributed by atoms with Crippen LogP contribution in [0.2, 0.25) is 0 Å². The lowest BCUT2D eigenvalue weighted by Gasteiger charge is -2.39. The van der Waals surface area contributed by atoms with Gasteiger partial charge in [-0.25, -0.2) is 4.39 Å². The van der Waals surface area contributed by atoms with Crippen molar-refractivity contribution < 1.29 is 14.3 Å². The Balaban J connectivity index is 1.97. The quantitative estimate of drug-likeness (QED) is 0.898. The van der Waals surface area contributed by atoms with Gasteiger partial charge in [0.05, 0.1) is 18.1 Å². The maximum absolute atomic E-state index is 13.2. The summed E-state index contributed by atoms with van der Waals surface area (Å²) >= 11 is 0. The van der Waals surface area contributed by atoms with E-state index in [1.807, 2.05) is 23.6 Å². The van der Waals surface area contributed by atoms with E-state index in [2.05, 4.69) is 4.98 Å². The summed E-state index contributed by atoms with van der Waals surface area (Å²) in [5.41, 5.74) is 0.755. The molecule has 1 aromatic heterocycles. The molecular formula is C15H22FN3O2.